The Morgan fingerprint density at radius 1 is 1.57 bits per heavy atom. The SMILES string of the molecule is CN1C(=O)C(CN)c2c(Cl)cccc21. The van der Waals surface area contributed by atoms with Gasteiger partial charge in [0.25, 0.3) is 0 Å². The Balaban J connectivity index is 2.62. The molecule has 0 saturated heterocycles. The van der Waals surface area contributed by atoms with Crippen LogP contribution in [0.3, 0.4) is 0 Å². The minimum atomic E-state index is -0.274. The van der Waals surface area contributed by atoms with Gasteiger partial charge in [0.2, 0.25) is 5.91 Å². The topological polar surface area (TPSA) is 46.3 Å². The first-order valence-electron chi connectivity index (χ1n) is 4.43. The maximum atomic E-state index is 11.7. The van der Waals surface area contributed by atoms with Crippen LogP contribution in [0.2, 0.25) is 5.02 Å². The molecule has 0 fully saturated rings. The van der Waals surface area contributed by atoms with Crippen molar-refractivity contribution in [3.63, 3.8) is 0 Å². The number of hydrogen-bond donors (Lipinski definition) is 1. The molecular formula is C10H11ClN2O. The lowest BCUT2D eigenvalue weighted by Gasteiger charge is -2.09. The zero-order chi connectivity index (χ0) is 10.3. The fourth-order valence-electron chi connectivity index (χ4n) is 1.86. The van der Waals surface area contributed by atoms with Gasteiger partial charge in [0.05, 0.1) is 5.92 Å². The minimum absolute atomic E-state index is 0.0237. The van der Waals surface area contributed by atoms with E-state index < -0.39 is 0 Å². The molecule has 0 aliphatic carbocycles. The van der Waals surface area contributed by atoms with Crippen LogP contribution in [0.15, 0.2) is 18.2 Å². The van der Waals surface area contributed by atoms with Gasteiger partial charge in [-0.15, -0.1) is 0 Å². The number of carbonyl (C=O) groups is 1. The number of fused-ring (bicyclic) bond motifs is 1. The molecule has 1 aliphatic rings. The van der Waals surface area contributed by atoms with E-state index in [1.54, 1.807) is 18.0 Å². The van der Waals surface area contributed by atoms with Crippen molar-refractivity contribution in [3.05, 3.63) is 28.8 Å². The third-order valence-corrected chi connectivity index (χ3v) is 2.93. The second-order valence-corrected chi connectivity index (χ2v) is 3.77. The smallest absolute Gasteiger partial charge is 0.235 e. The molecule has 1 unspecified atom stereocenters. The van der Waals surface area contributed by atoms with Crippen LogP contribution >= 0.6 is 11.6 Å². The zero-order valence-corrected chi connectivity index (χ0v) is 8.58. The maximum Gasteiger partial charge on any atom is 0.235 e. The van der Waals surface area contributed by atoms with Crippen molar-refractivity contribution in [2.75, 3.05) is 18.5 Å². The van der Waals surface area contributed by atoms with E-state index in [0.29, 0.717) is 11.6 Å². The summed E-state index contributed by atoms with van der Waals surface area (Å²) in [5.41, 5.74) is 7.30. The third kappa shape index (κ3) is 1.13. The highest BCUT2D eigenvalue weighted by Gasteiger charge is 2.35. The van der Waals surface area contributed by atoms with Crippen molar-refractivity contribution in [1.29, 1.82) is 0 Å². The molecule has 4 heteroatoms. The van der Waals surface area contributed by atoms with Crippen LogP contribution < -0.4 is 10.6 Å². The lowest BCUT2D eigenvalue weighted by atomic mass is 10.0. The standard InChI is InChI=1S/C10H11ClN2O/c1-13-8-4-2-3-7(11)9(8)6(5-12)10(13)14/h2-4,6H,5,12H2,1H3. The van der Waals surface area contributed by atoms with Gasteiger partial charge in [-0.05, 0) is 12.1 Å². The quantitative estimate of drug-likeness (QED) is 0.761. The Hall–Kier alpha value is -1.06. The summed E-state index contributed by atoms with van der Waals surface area (Å²) in [6, 6.07) is 5.51. The fraction of sp³-hybridized carbons (Fsp3) is 0.300. The summed E-state index contributed by atoms with van der Waals surface area (Å²) in [4.78, 5) is 13.3. The molecule has 2 rings (SSSR count). The molecule has 1 amide bonds. The monoisotopic (exact) mass is 210 g/mol. The summed E-state index contributed by atoms with van der Waals surface area (Å²) < 4.78 is 0. The summed E-state index contributed by atoms with van der Waals surface area (Å²) in [7, 11) is 1.74. The number of nitrogens with two attached hydrogens (primary N) is 1. The van der Waals surface area contributed by atoms with Crippen molar-refractivity contribution < 1.29 is 4.79 Å². The second kappa shape index (κ2) is 3.26. The normalized spacial score (nSPS) is 20.1. The Labute approximate surface area is 87.4 Å². The molecule has 1 aromatic rings. The molecular weight excluding hydrogens is 200 g/mol. The van der Waals surface area contributed by atoms with E-state index in [0.717, 1.165) is 11.3 Å². The van der Waals surface area contributed by atoms with Crippen molar-refractivity contribution in [1.82, 2.24) is 0 Å². The van der Waals surface area contributed by atoms with Gasteiger partial charge in [-0.1, -0.05) is 17.7 Å². The van der Waals surface area contributed by atoms with Crippen LogP contribution in [0.1, 0.15) is 11.5 Å². The highest BCUT2D eigenvalue weighted by atomic mass is 35.5. The van der Waals surface area contributed by atoms with Crippen molar-refractivity contribution in [2.45, 2.75) is 5.92 Å². The lowest BCUT2D eigenvalue weighted by Crippen LogP contribution is -2.27. The van der Waals surface area contributed by atoms with E-state index >= 15 is 0 Å². The van der Waals surface area contributed by atoms with Crippen LogP contribution in [0, 0.1) is 0 Å². The molecule has 0 radical (unpaired) electrons. The number of carbonyl (C=O) groups excluding carboxylic acids is 1. The molecule has 3 nitrogen and oxygen atoms in total. The Morgan fingerprint density at radius 2 is 2.29 bits per heavy atom. The molecule has 0 aromatic heterocycles. The fourth-order valence-corrected chi connectivity index (χ4v) is 2.16. The van der Waals surface area contributed by atoms with Gasteiger partial charge in [0.1, 0.15) is 0 Å². The van der Waals surface area contributed by atoms with Crippen molar-refractivity contribution in [2.24, 2.45) is 5.73 Å². The van der Waals surface area contributed by atoms with E-state index in [-0.39, 0.29) is 11.8 Å². The second-order valence-electron chi connectivity index (χ2n) is 3.36. The molecule has 2 N–H and O–H groups in total. The predicted octanol–water partition coefficient (Wildman–Crippen LogP) is 1.36. The number of amides is 1. The molecule has 1 aliphatic heterocycles. The summed E-state index contributed by atoms with van der Waals surface area (Å²) >= 11 is 6.04. The van der Waals surface area contributed by atoms with Gasteiger partial charge in [0, 0.05) is 29.9 Å². The van der Waals surface area contributed by atoms with Crippen molar-refractivity contribution in [3.8, 4) is 0 Å². The van der Waals surface area contributed by atoms with Crippen LogP contribution in [0.4, 0.5) is 5.69 Å². The van der Waals surface area contributed by atoms with E-state index in [9.17, 15) is 4.79 Å². The molecule has 1 atom stereocenters. The van der Waals surface area contributed by atoms with Gasteiger partial charge >= 0.3 is 0 Å². The summed E-state index contributed by atoms with van der Waals surface area (Å²) in [6.45, 7) is 0.305. The average molecular weight is 211 g/mol. The van der Waals surface area contributed by atoms with Gasteiger partial charge in [-0.2, -0.15) is 0 Å². The van der Waals surface area contributed by atoms with Gasteiger partial charge < -0.3 is 10.6 Å². The highest BCUT2D eigenvalue weighted by Crippen LogP contribution is 2.39. The van der Waals surface area contributed by atoms with E-state index in [4.69, 9.17) is 17.3 Å². The summed E-state index contributed by atoms with van der Waals surface area (Å²) in [5, 5.41) is 0.621. The zero-order valence-electron chi connectivity index (χ0n) is 7.83. The average Bonchev–Trinajstić information content (AvgIpc) is 2.43. The van der Waals surface area contributed by atoms with Gasteiger partial charge in [-0.3, -0.25) is 4.79 Å². The molecule has 0 spiro atoms. The number of halogens is 1. The van der Waals surface area contributed by atoms with E-state index in [1.165, 1.54) is 0 Å². The lowest BCUT2D eigenvalue weighted by molar-refractivity contribution is -0.118. The van der Waals surface area contributed by atoms with Crippen LogP contribution in [-0.2, 0) is 4.79 Å². The predicted molar refractivity (Wildman–Crippen MR) is 56.7 cm³/mol. The first-order valence-corrected chi connectivity index (χ1v) is 4.80. The molecule has 0 bridgehead atoms. The number of hydrogen-bond acceptors (Lipinski definition) is 2. The van der Waals surface area contributed by atoms with Crippen LogP contribution in [0.25, 0.3) is 0 Å². The maximum absolute atomic E-state index is 11.7. The van der Waals surface area contributed by atoms with Gasteiger partial charge in [0.15, 0.2) is 0 Å². The van der Waals surface area contributed by atoms with Gasteiger partial charge in [-0.25, -0.2) is 0 Å². The summed E-state index contributed by atoms with van der Waals surface area (Å²) in [5.74, 6) is -0.251. The Kier molecular flexibility index (Phi) is 2.21. The minimum Gasteiger partial charge on any atom is -0.329 e. The number of anilines is 1. The van der Waals surface area contributed by atoms with E-state index in [2.05, 4.69) is 0 Å². The third-order valence-electron chi connectivity index (χ3n) is 2.60. The number of likely N-dealkylation sites (N-methyl/N-ethyl adjacent to an activating group) is 1. The van der Waals surface area contributed by atoms with Crippen molar-refractivity contribution >= 4 is 23.2 Å². The number of rotatable bonds is 1. The van der Waals surface area contributed by atoms with Crippen LogP contribution in [-0.4, -0.2) is 19.5 Å². The molecule has 0 saturated carbocycles. The van der Waals surface area contributed by atoms with Crippen LogP contribution in [0.5, 0.6) is 0 Å². The Morgan fingerprint density at radius 3 is 2.93 bits per heavy atom. The number of benzene rings is 1. The first kappa shape index (κ1) is 9.49. The molecule has 14 heavy (non-hydrogen) atoms. The first-order chi connectivity index (χ1) is 6.66. The highest BCUT2D eigenvalue weighted by molar-refractivity contribution is 6.32. The summed E-state index contributed by atoms with van der Waals surface area (Å²) in [6.07, 6.45) is 0. The largest absolute Gasteiger partial charge is 0.329 e. The Bertz CT molecular complexity index is 392. The van der Waals surface area contributed by atoms with E-state index in [1.807, 2.05) is 12.1 Å². The molecule has 1 heterocycles. The molecule has 1 aromatic carbocycles. The molecule has 74 valence electrons. The number of nitrogens with zero attached hydrogens (tertiary/aromatic N) is 1.